The van der Waals surface area contributed by atoms with E-state index >= 15 is 0 Å². The van der Waals surface area contributed by atoms with E-state index in [1.54, 1.807) is 37.6 Å². The van der Waals surface area contributed by atoms with Crippen LogP contribution < -0.4 is 10.1 Å². The van der Waals surface area contributed by atoms with E-state index in [-0.39, 0.29) is 5.75 Å². The Bertz CT molecular complexity index is 529. The van der Waals surface area contributed by atoms with Gasteiger partial charge in [0.05, 0.1) is 19.0 Å². The fourth-order valence-electron chi connectivity index (χ4n) is 1.51. The van der Waals surface area contributed by atoms with Gasteiger partial charge in [-0.25, -0.2) is 9.37 Å². The Labute approximate surface area is 104 Å². The summed E-state index contributed by atoms with van der Waals surface area (Å²) in [5.41, 5.74) is 1.25. The Morgan fingerprint density at radius 3 is 2.83 bits per heavy atom. The zero-order valence-electron chi connectivity index (χ0n) is 9.85. The number of phenolic OH excluding ortho intramolecular Hbond substituents is 1. The molecule has 0 radical (unpaired) electrons. The number of anilines is 1. The summed E-state index contributed by atoms with van der Waals surface area (Å²) in [5.74, 6) is -0.428. The monoisotopic (exact) mass is 248 g/mol. The predicted octanol–water partition coefficient (Wildman–Crippen LogP) is 2.55. The highest BCUT2D eigenvalue weighted by Crippen LogP contribution is 2.21. The van der Waals surface area contributed by atoms with E-state index in [9.17, 15) is 9.50 Å². The van der Waals surface area contributed by atoms with Crippen molar-refractivity contribution < 1.29 is 14.2 Å². The third kappa shape index (κ3) is 2.68. The number of aromatic nitrogens is 1. The number of methoxy groups -OCH3 is 1. The van der Waals surface area contributed by atoms with Crippen molar-refractivity contribution in [3.63, 3.8) is 0 Å². The Morgan fingerprint density at radius 1 is 1.33 bits per heavy atom. The molecule has 0 aliphatic rings. The van der Waals surface area contributed by atoms with E-state index in [0.29, 0.717) is 18.0 Å². The lowest BCUT2D eigenvalue weighted by Crippen LogP contribution is -2.01. The summed E-state index contributed by atoms with van der Waals surface area (Å²) in [4.78, 5) is 4.03. The van der Waals surface area contributed by atoms with Gasteiger partial charge in [-0.2, -0.15) is 0 Å². The van der Waals surface area contributed by atoms with Gasteiger partial charge in [-0.05, 0) is 12.1 Å². The van der Waals surface area contributed by atoms with Crippen molar-refractivity contribution in [2.24, 2.45) is 0 Å². The van der Waals surface area contributed by atoms with Gasteiger partial charge in [0.2, 0.25) is 5.88 Å². The maximum absolute atomic E-state index is 13.1. The van der Waals surface area contributed by atoms with Crippen LogP contribution in [0.4, 0.5) is 10.1 Å². The number of nitrogens with zero attached hydrogens (tertiary/aromatic N) is 1. The van der Waals surface area contributed by atoms with E-state index in [1.807, 2.05) is 0 Å². The van der Waals surface area contributed by atoms with Crippen LogP contribution >= 0.6 is 0 Å². The van der Waals surface area contributed by atoms with Gasteiger partial charge in [0.1, 0.15) is 0 Å². The van der Waals surface area contributed by atoms with Crippen molar-refractivity contribution in [1.82, 2.24) is 4.98 Å². The number of phenols is 1. The maximum Gasteiger partial charge on any atom is 0.213 e. The average Bonchev–Trinajstić information content (AvgIpc) is 2.41. The lowest BCUT2D eigenvalue weighted by Gasteiger charge is -2.08. The van der Waals surface area contributed by atoms with E-state index in [4.69, 9.17) is 4.74 Å². The Kier molecular flexibility index (Phi) is 3.62. The second-order valence-corrected chi connectivity index (χ2v) is 3.69. The Hall–Kier alpha value is -2.30. The number of halogens is 1. The normalized spacial score (nSPS) is 10.1. The molecule has 1 aromatic carbocycles. The summed E-state index contributed by atoms with van der Waals surface area (Å²) < 4.78 is 18.0. The fourth-order valence-corrected chi connectivity index (χ4v) is 1.51. The summed E-state index contributed by atoms with van der Waals surface area (Å²) >= 11 is 0. The molecule has 18 heavy (non-hydrogen) atoms. The molecule has 0 fully saturated rings. The SMILES string of the molecule is COc1ccc(NCc2cccc(F)c2O)cn1. The highest BCUT2D eigenvalue weighted by Gasteiger charge is 2.05. The lowest BCUT2D eigenvalue weighted by atomic mass is 10.2. The predicted molar refractivity (Wildman–Crippen MR) is 66.2 cm³/mol. The molecular formula is C13H13FN2O2. The van der Waals surface area contributed by atoms with Gasteiger partial charge in [0, 0.05) is 18.2 Å². The summed E-state index contributed by atoms with van der Waals surface area (Å²) in [7, 11) is 1.54. The smallest absolute Gasteiger partial charge is 0.213 e. The minimum absolute atomic E-state index is 0.317. The van der Waals surface area contributed by atoms with Crippen LogP contribution in [0.5, 0.6) is 11.6 Å². The molecule has 1 heterocycles. The molecule has 2 aromatic rings. The third-order valence-electron chi connectivity index (χ3n) is 2.50. The molecule has 2 rings (SSSR count). The van der Waals surface area contributed by atoms with Crippen molar-refractivity contribution in [3.8, 4) is 11.6 Å². The molecule has 4 nitrogen and oxygen atoms in total. The second-order valence-electron chi connectivity index (χ2n) is 3.69. The molecule has 0 bridgehead atoms. The van der Waals surface area contributed by atoms with Crippen LogP contribution in [0.15, 0.2) is 36.5 Å². The molecule has 0 atom stereocenters. The van der Waals surface area contributed by atoms with Crippen molar-refractivity contribution in [3.05, 3.63) is 47.9 Å². The largest absolute Gasteiger partial charge is 0.505 e. The number of hydrogen-bond acceptors (Lipinski definition) is 4. The second kappa shape index (κ2) is 5.35. The molecule has 0 unspecified atom stereocenters. The molecule has 0 amide bonds. The fraction of sp³-hybridized carbons (Fsp3) is 0.154. The number of benzene rings is 1. The van der Waals surface area contributed by atoms with Crippen LogP contribution in [0.2, 0.25) is 0 Å². The molecule has 0 saturated heterocycles. The van der Waals surface area contributed by atoms with Crippen LogP contribution in [0, 0.1) is 5.82 Å². The number of rotatable bonds is 4. The lowest BCUT2D eigenvalue weighted by molar-refractivity contribution is 0.398. The zero-order valence-corrected chi connectivity index (χ0v) is 9.85. The first-order chi connectivity index (χ1) is 8.70. The Balaban J connectivity index is 2.04. The first kappa shape index (κ1) is 12.2. The van der Waals surface area contributed by atoms with Gasteiger partial charge in [0.25, 0.3) is 0 Å². The van der Waals surface area contributed by atoms with Gasteiger partial charge in [-0.15, -0.1) is 0 Å². The van der Waals surface area contributed by atoms with Crippen LogP contribution in [0.3, 0.4) is 0 Å². The van der Waals surface area contributed by atoms with Gasteiger partial charge in [-0.1, -0.05) is 12.1 Å². The molecular weight excluding hydrogens is 235 g/mol. The molecule has 94 valence electrons. The molecule has 0 aliphatic carbocycles. The van der Waals surface area contributed by atoms with Gasteiger partial charge in [0.15, 0.2) is 11.6 Å². The number of pyridine rings is 1. The van der Waals surface area contributed by atoms with E-state index in [1.165, 1.54) is 6.07 Å². The number of ether oxygens (including phenoxy) is 1. The zero-order chi connectivity index (χ0) is 13.0. The average molecular weight is 248 g/mol. The number of para-hydroxylation sites is 1. The van der Waals surface area contributed by atoms with Crippen LogP contribution in [0.1, 0.15) is 5.56 Å². The molecule has 0 saturated carbocycles. The summed E-state index contributed by atoms with van der Waals surface area (Å²) in [6, 6.07) is 7.93. The quantitative estimate of drug-likeness (QED) is 0.873. The van der Waals surface area contributed by atoms with Crippen molar-refractivity contribution in [2.45, 2.75) is 6.54 Å². The minimum Gasteiger partial charge on any atom is -0.505 e. The van der Waals surface area contributed by atoms with E-state index in [0.717, 1.165) is 5.69 Å². The minimum atomic E-state index is -0.623. The van der Waals surface area contributed by atoms with Crippen LogP contribution in [-0.2, 0) is 6.54 Å². The van der Waals surface area contributed by atoms with Crippen molar-refractivity contribution in [2.75, 3.05) is 12.4 Å². The van der Waals surface area contributed by atoms with Gasteiger partial charge >= 0.3 is 0 Å². The van der Waals surface area contributed by atoms with E-state index in [2.05, 4.69) is 10.3 Å². The first-order valence-electron chi connectivity index (χ1n) is 5.41. The highest BCUT2D eigenvalue weighted by atomic mass is 19.1. The molecule has 5 heteroatoms. The topological polar surface area (TPSA) is 54.4 Å². The summed E-state index contributed by atoms with van der Waals surface area (Å²) in [6.07, 6.45) is 1.61. The van der Waals surface area contributed by atoms with Crippen LogP contribution in [-0.4, -0.2) is 17.2 Å². The van der Waals surface area contributed by atoms with Gasteiger partial charge in [-0.3, -0.25) is 0 Å². The Morgan fingerprint density at radius 2 is 2.17 bits per heavy atom. The molecule has 1 aromatic heterocycles. The van der Waals surface area contributed by atoms with E-state index < -0.39 is 5.82 Å². The molecule has 2 N–H and O–H groups in total. The van der Waals surface area contributed by atoms with Crippen molar-refractivity contribution >= 4 is 5.69 Å². The van der Waals surface area contributed by atoms with Crippen molar-refractivity contribution in [1.29, 1.82) is 0 Å². The summed E-state index contributed by atoms with van der Waals surface area (Å²) in [6.45, 7) is 0.317. The number of hydrogen-bond donors (Lipinski definition) is 2. The maximum atomic E-state index is 13.1. The summed E-state index contributed by atoms with van der Waals surface area (Å²) in [5, 5.41) is 12.5. The first-order valence-corrected chi connectivity index (χ1v) is 5.41. The highest BCUT2D eigenvalue weighted by molar-refractivity contribution is 5.44. The molecule has 0 aliphatic heterocycles. The third-order valence-corrected chi connectivity index (χ3v) is 2.50. The van der Waals surface area contributed by atoms with Crippen LogP contribution in [0.25, 0.3) is 0 Å². The standard InChI is InChI=1S/C13H13FN2O2/c1-18-12-6-5-10(8-16-12)15-7-9-3-2-4-11(14)13(9)17/h2-6,8,15,17H,7H2,1H3. The number of aromatic hydroxyl groups is 1. The van der Waals surface area contributed by atoms with Gasteiger partial charge < -0.3 is 15.2 Å². The number of nitrogens with one attached hydrogen (secondary N) is 1. The molecule has 0 spiro atoms.